The number of hydrogen-bond donors (Lipinski definition) is 1. The van der Waals surface area contributed by atoms with Crippen molar-refractivity contribution in [3.05, 3.63) is 34.8 Å². The summed E-state index contributed by atoms with van der Waals surface area (Å²) in [6, 6.07) is 3.81. The minimum Gasteiger partial charge on any atom is -0.378 e. The Morgan fingerprint density at radius 1 is 1.31 bits per heavy atom. The van der Waals surface area contributed by atoms with Gasteiger partial charge in [0.25, 0.3) is 5.91 Å². The maximum atomic E-state index is 13.0. The molecular formula is C19H28N4O3. The minimum absolute atomic E-state index is 0.0741. The Balaban J connectivity index is 1.68. The van der Waals surface area contributed by atoms with Crippen molar-refractivity contribution < 1.29 is 14.1 Å². The zero-order valence-corrected chi connectivity index (χ0v) is 15.8. The average Bonchev–Trinajstić information content (AvgIpc) is 3.18. The lowest BCUT2D eigenvalue weighted by molar-refractivity contribution is 0.00843. The molecule has 3 rings (SSSR count). The van der Waals surface area contributed by atoms with Crippen LogP contribution < -0.4 is 5.73 Å². The van der Waals surface area contributed by atoms with Gasteiger partial charge in [0.15, 0.2) is 5.82 Å². The summed E-state index contributed by atoms with van der Waals surface area (Å²) in [6.07, 6.45) is 2.86. The Kier molecular flexibility index (Phi) is 5.78. The molecule has 7 nitrogen and oxygen atoms in total. The molecule has 1 amide bonds. The third-order valence-corrected chi connectivity index (χ3v) is 4.94. The van der Waals surface area contributed by atoms with Crippen molar-refractivity contribution >= 4 is 5.91 Å². The van der Waals surface area contributed by atoms with Crippen molar-refractivity contribution in [3.63, 3.8) is 0 Å². The van der Waals surface area contributed by atoms with E-state index in [1.54, 1.807) is 0 Å². The fraction of sp³-hybridized carbons (Fsp3) is 0.579. The Morgan fingerprint density at radius 2 is 2.04 bits per heavy atom. The predicted molar refractivity (Wildman–Crippen MR) is 98.6 cm³/mol. The molecule has 0 atom stereocenters. The van der Waals surface area contributed by atoms with Gasteiger partial charge in [-0.3, -0.25) is 9.36 Å². The number of carbonyl (C=O) groups excluding carboxylic acids is 1. The third kappa shape index (κ3) is 3.83. The molecule has 1 fully saturated rings. The topological polar surface area (TPSA) is 86.5 Å². The first-order valence-corrected chi connectivity index (χ1v) is 9.25. The number of carbonyl (C=O) groups is 1. The maximum Gasteiger partial charge on any atom is 0.255 e. The molecule has 0 bridgehead atoms. The fourth-order valence-corrected chi connectivity index (χ4v) is 3.52. The van der Waals surface area contributed by atoms with Crippen LogP contribution in [0.15, 0.2) is 16.7 Å². The lowest BCUT2D eigenvalue weighted by Gasteiger charge is -2.32. The highest BCUT2D eigenvalue weighted by atomic mass is 16.5. The second-order valence-electron chi connectivity index (χ2n) is 6.92. The number of nitrogens with two attached hydrogens (primary N) is 1. The molecule has 3 heterocycles. The van der Waals surface area contributed by atoms with E-state index in [0.29, 0.717) is 19.0 Å². The average molecular weight is 360 g/mol. The van der Waals surface area contributed by atoms with Crippen LogP contribution >= 0.6 is 0 Å². The summed E-state index contributed by atoms with van der Waals surface area (Å²) in [7, 11) is 0. The van der Waals surface area contributed by atoms with E-state index >= 15 is 0 Å². The molecule has 0 spiro atoms. The van der Waals surface area contributed by atoms with Crippen LogP contribution in [0.25, 0.3) is 5.82 Å². The van der Waals surface area contributed by atoms with Crippen molar-refractivity contribution in [2.24, 2.45) is 5.73 Å². The molecule has 0 aliphatic carbocycles. The number of aromatic nitrogens is 2. The van der Waals surface area contributed by atoms with Gasteiger partial charge in [-0.1, -0.05) is 5.16 Å². The molecule has 2 N–H and O–H groups in total. The molecule has 0 saturated carbocycles. The lowest BCUT2D eigenvalue weighted by Crippen LogP contribution is -2.41. The lowest BCUT2D eigenvalue weighted by atomic mass is 10.1. The van der Waals surface area contributed by atoms with Crippen LogP contribution in [-0.4, -0.2) is 52.9 Å². The van der Waals surface area contributed by atoms with E-state index in [4.69, 9.17) is 15.0 Å². The highest BCUT2D eigenvalue weighted by Crippen LogP contribution is 2.24. The molecule has 2 aromatic heterocycles. The molecule has 0 radical (unpaired) electrons. The molecule has 1 aliphatic rings. The summed E-state index contributed by atoms with van der Waals surface area (Å²) >= 11 is 0. The van der Waals surface area contributed by atoms with Gasteiger partial charge in [-0.05, 0) is 52.6 Å². The highest BCUT2D eigenvalue weighted by molar-refractivity contribution is 5.96. The second kappa shape index (κ2) is 8.05. The van der Waals surface area contributed by atoms with Crippen LogP contribution in [0.2, 0.25) is 0 Å². The number of ether oxygens (including phenoxy) is 1. The molecular weight excluding hydrogens is 332 g/mol. The van der Waals surface area contributed by atoms with Gasteiger partial charge in [-0.15, -0.1) is 0 Å². The summed E-state index contributed by atoms with van der Waals surface area (Å²) < 4.78 is 13.0. The van der Waals surface area contributed by atoms with E-state index in [1.165, 1.54) is 0 Å². The Bertz CT molecular complexity index is 757. The van der Waals surface area contributed by atoms with E-state index in [0.717, 1.165) is 55.1 Å². The molecule has 26 heavy (non-hydrogen) atoms. The van der Waals surface area contributed by atoms with Gasteiger partial charge in [0.05, 0.1) is 11.7 Å². The van der Waals surface area contributed by atoms with Gasteiger partial charge in [0.2, 0.25) is 0 Å². The van der Waals surface area contributed by atoms with Crippen LogP contribution in [0.3, 0.4) is 0 Å². The molecule has 7 heteroatoms. The monoisotopic (exact) mass is 360 g/mol. The Morgan fingerprint density at radius 3 is 2.65 bits per heavy atom. The van der Waals surface area contributed by atoms with E-state index in [9.17, 15) is 4.79 Å². The summed E-state index contributed by atoms with van der Waals surface area (Å²) in [6.45, 7) is 8.58. The highest BCUT2D eigenvalue weighted by Gasteiger charge is 2.27. The molecule has 1 aliphatic heterocycles. The van der Waals surface area contributed by atoms with E-state index in [-0.39, 0.29) is 12.0 Å². The van der Waals surface area contributed by atoms with E-state index in [2.05, 4.69) is 5.16 Å². The summed E-state index contributed by atoms with van der Waals surface area (Å²) in [5.41, 5.74) is 8.09. The zero-order chi connectivity index (χ0) is 18.7. The fourth-order valence-electron chi connectivity index (χ4n) is 3.52. The van der Waals surface area contributed by atoms with Crippen molar-refractivity contribution in [2.75, 3.05) is 26.2 Å². The van der Waals surface area contributed by atoms with Crippen molar-refractivity contribution in [3.8, 4) is 5.82 Å². The number of amides is 1. The van der Waals surface area contributed by atoms with Gasteiger partial charge in [-0.2, -0.15) is 0 Å². The predicted octanol–water partition coefficient (Wildman–Crippen LogP) is 2.36. The number of nitrogens with zero attached hydrogens (tertiary/aromatic N) is 3. The van der Waals surface area contributed by atoms with Crippen LogP contribution in [0, 0.1) is 20.8 Å². The second-order valence-corrected chi connectivity index (χ2v) is 6.92. The first kappa shape index (κ1) is 18.7. The normalized spacial score (nSPS) is 15.6. The smallest absolute Gasteiger partial charge is 0.255 e. The molecule has 1 saturated heterocycles. The van der Waals surface area contributed by atoms with Gasteiger partial charge >= 0.3 is 0 Å². The Hall–Kier alpha value is -2.12. The van der Waals surface area contributed by atoms with Gasteiger partial charge in [0.1, 0.15) is 5.76 Å². The first-order valence-electron chi connectivity index (χ1n) is 9.25. The van der Waals surface area contributed by atoms with E-state index in [1.807, 2.05) is 42.4 Å². The number of likely N-dealkylation sites (tertiary alicyclic amines) is 1. The number of aryl methyl sites for hydroxylation is 2. The third-order valence-electron chi connectivity index (χ3n) is 4.94. The van der Waals surface area contributed by atoms with Gasteiger partial charge in [0, 0.05) is 37.2 Å². The van der Waals surface area contributed by atoms with E-state index < -0.39 is 0 Å². The number of rotatable bonds is 6. The largest absolute Gasteiger partial charge is 0.378 e. The molecule has 0 unspecified atom stereocenters. The summed E-state index contributed by atoms with van der Waals surface area (Å²) in [5, 5.41) is 4.08. The minimum atomic E-state index is 0.0741. The SMILES string of the molecule is Cc1cc(-n2c(C)cc(C(=O)N3CCC(OCCCN)CC3)c2C)no1. The number of piperidine rings is 1. The van der Waals surface area contributed by atoms with Crippen LogP contribution in [0.1, 0.15) is 46.8 Å². The van der Waals surface area contributed by atoms with Gasteiger partial charge < -0.3 is 19.9 Å². The Labute approximate surface area is 154 Å². The van der Waals surface area contributed by atoms with Crippen LogP contribution in [0.5, 0.6) is 0 Å². The number of hydrogen-bond acceptors (Lipinski definition) is 5. The van der Waals surface area contributed by atoms with Gasteiger partial charge in [-0.25, -0.2) is 0 Å². The summed E-state index contributed by atoms with van der Waals surface area (Å²) in [5.74, 6) is 1.53. The zero-order valence-electron chi connectivity index (χ0n) is 15.8. The van der Waals surface area contributed by atoms with Crippen molar-refractivity contribution in [1.82, 2.24) is 14.6 Å². The molecule has 0 aromatic carbocycles. The first-order chi connectivity index (χ1) is 12.5. The quantitative estimate of drug-likeness (QED) is 0.799. The maximum absolute atomic E-state index is 13.0. The van der Waals surface area contributed by atoms with Crippen molar-refractivity contribution in [1.29, 1.82) is 0 Å². The molecule has 2 aromatic rings. The standard InChI is InChI=1S/C19H28N4O3/c1-13-11-17(15(3)23(13)18-12-14(2)26-21-18)19(24)22-8-5-16(6-9-22)25-10-4-7-20/h11-12,16H,4-10,20H2,1-3H3. The molecule has 142 valence electrons. The van der Waals surface area contributed by atoms with Crippen LogP contribution in [-0.2, 0) is 4.74 Å². The van der Waals surface area contributed by atoms with Crippen LogP contribution in [0.4, 0.5) is 0 Å². The summed E-state index contributed by atoms with van der Waals surface area (Å²) in [4.78, 5) is 14.9. The van der Waals surface area contributed by atoms with Crippen molar-refractivity contribution in [2.45, 2.75) is 46.1 Å².